The molecular formula is C44H80BrLiN2O5. The van der Waals surface area contributed by atoms with Gasteiger partial charge in [0, 0.05) is 51.0 Å². The first-order valence-corrected chi connectivity index (χ1v) is 21.1. The number of nitrogens with one attached hydrogen (secondary N) is 1. The van der Waals surface area contributed by atoms with Gasteiger partial charge in [-0.3, -0.25) is 0 Å². The van der Waals surface area contributed by atoms with E-state index < -0.39 is 0 Å². The normalized spacial score (nSPS) is 12.0. The van der Waals surface area contributed by atoms with Crippen molar-refractivity contribution in [2.24, 2.45) is 0 Å². The zero-order valence-electron chi connectivity index (χ0n) is 36.6. The van der Waals surface area contributed by atoms with Crippen LogP contribution in [0.15, 0.2) is 36.4 Å². The summed E-state index contributed by atoms with van der Waals surface area (Å²) in [6, 6.07) is 12.9. The largest absolute Gasteiger partial charge is 1.00 e. The van der Waals surface area contributed by atoms with Gasteiger partial charge in [0.25, 0.3) is 0 Å². The molecule has 2 aromatic rings. The van der Waals surface area contributed by atoms with Crippen LogP contribution in [0.2, 0.25) is 0 Å². The van der Waals surface area contributed by atoms with Crippen LogP contribution in [-0.2, 0) is 23.7 Å². The number of hydrogen-bond acceptors (Lipinski definition) is 7. The first-order chi connectivity index (χ1) is 24.8. The second-order valence-electron chi connectivity index (χ2n) is 13.7. The first-order valence-electron chi connectivity index (χ1n) is 19.9. The third-order valence-corrected chi connectivity index (χ3v) is 8.48. The number of para-hydroxylation sites is 2. The quantitative estimate of drug-likeness (QED) is 0.0542. The van der Waals surface area contributed by atoms with E-state index in [9.17, 15) is 0 Å². The Labute approximate surface area is 348 Å². The molecule has 1 aliphatic heterocycles. The molecule has 304 valence electrons. The van der Waals surface area contributed by atoms with E-state index in [4.69, 9.17) is 29.4 Å². The van der Waals surface area contributed by atoms with Gasteiger partial charge < -0.3 is 41.7 Å². The molecule has 0 radical (unpaired) electrons. The Bertz CT molecular complexity index is 1030. The molecule has 1 aliphatic rings. The van der Waals surface area contributed by atoms with E-state index in [0.29, 0.717) is 56.6 Å². The number of rotatable bonds is 17. The Kier molecular flexibility index (Phi) is 38.8. The molecule has 0 aliphatic carbocycles. The number of anilines is 2. The van der Waals surface area contributed by atoms with Crippen LogP contribution in [0.25, 0.3) is 0 Å². The van der Waals surface area contributed by atoms with E-state index in [-0.39, 0.29) is 31.4 Å². The number of benzene rings is 2. The van der Waals surface area contributed by atoms with Gasteiger partial charge in [0.05, 0.1) is 11.9 Å². The maximum absolute atomic E-state index is 6.09. The molecule has 2 aromatic carbocycles. The van der Waals surface area contributed by atoms with E-state index in [1.54, 1.807) is 0 Å². The van der Waals surface area contributed by atoms with Crippen molar-refractivity contribution in [3.63, 3.8) is 0 Å². The maximum atomic E-state index is 6.09. The predicted molar refractivity (Wildman–Crippen MR) is 230 cm³/mol. The smallest absolute Gasteiger partial charge is 0.398 e. The zero-order chi connectivity index (χ0) is 39.9. The third-order valence-electron chi connectivity index (χ3n) is 7.95. The van der Waals surface area contributed by atoms with Crippen molar-refractivity contribution in [3.05, 3.63) is 65.6 Å². The van der Waals surface area contributed by atoms with Gasteiger partial charge in [-0.2, -0.15) is 6.42 Å². The first kappa shape index (κ1) is 56.2. The fraction of sp³-hybridized carbons (Fsp3) is 0.705. The van der Waals surface area contributed by atoms with Gasteiger partial charge in [-0.25, -0.2) is 0 Å². The summed E-state index contributed by atoms with van der Waals surface area (Å²) >= 11 is 3.27. The molecule has 1 heterocycles. The van der Waals surface area contributed by atoms with Crippen LogP contribution in [0.4, 0.5) is 11.4 Å². The van der Waals surface area contributed by atoms with Gasteiger partial charge in [-0.1, -0.05) is 121 Å². The SMILES string of the molecule is C1CCOC1.CC(C)c1cccc(C(C)C)c1N.CCOC(CBr)OCC.CCOC(CNc1c(C(C)C)cccc1C(C)C)OCC.[CH2-]CCC.[Li+]. The molecule has 0 bridgehead atoms. The molecule has 0 amide bonds. The Balaban J connectivity index is -0.000000664. The van der Waals surface area contributed by atoms with E-state index >= 15 is 0 Å². The number of nitrogen functional groups attached to an aromatic ring is 1. The number of nitrogens with two attached hydrogens (primary N) is 1. The second kappa shape index (κ2) is 36.5. The summed E-state index contributed by atoms with van der Waals surface area (Å²) in [5.41, 5.74) is 13.6. The summed E-state index contributed by atoms with van der Waals surface area (Å²) in [7, 11) is 0. The average Bonchev–Trinajstić information content (AvgIpc) is 3.72. The van der Waals surface area contributed by atoms with E-state index in [2.05, 4.69) is 127 Å². The molecule has 0 saturated carbocycles. The summed E-state index contributed by atoms with van der Waals surface area (Å²) in [4.78, 5) is 0. The van der Waals surface area contributed by atoms with Gasteiger partial charge in [0.2, 0.25) is 0 Å². The molecule has 1 fully saturated rings. The Morgan fingerprint density at radius 1 is 0.660 bits per heavy atom. The zero-order valence-corrected chi connectivity index (χ0v) is 38.2. The topological polar surface area (TPSA) is 84.2 Å². The minimum absolute atomic E-state index is 0. The van der Waals surface area contributed by atoms with Gasteiger partial charge >= 0.3 is 18.9 Å². The van der Waals surface area contributed by atoms with E-state index in [1.807, 2.05) is 27.7 Å². The van der Waals surface area contributed by atoms with Crippen molar-refractivity contribution in [2.75, 3.05) is 62.6 Å². The fourth-order valence-corrected chi connectivity index (χ4v) is 5.48. The van der Waals surface area contributed by atoms with Crippen molar-refractivity contribution in [2.45, 2.75) is 152 Å². The van der Waals surface area contributed by atoms with Crippen LogP contribution in [0.3, 0.4) is 0 Å². The van der Waals surface area contributed by atoms with Crippen LogP contribution in [0.5, 0.6) is 0 Å². The Hall–Kier alpha value is -1.08. The molecule has 7 nitrogen and oxygen atoms in total. The van der Waals surface area contributed by atoms with Crippen LogP contribution in [0, 0.1) is 6.92 Å². The van der Waals surface area contributed by atoms with Crippen molar-refractivity contribution in [1.82, 2.24) is 0 Å². The van der Waals surface area contributed by atoms with Crippen molar-refractivity contribution in [1.29, 1.82) is 0 Å². The van der Waals surface area contributed by atoms with Gasteiger partial charge in [-0.15, -0.1) is 0 Å². The predicted octanol–water partition coefficient (Wildman–Crippen LogP) is 9.46. The maximum Gasteiger partial charge on any atom is 1.00 e. The standard InChI is InChI=1S/C18H31NO2.C12H19N.C6H13BrO2.C4H8O.C4H9.Li/c1-7-20-17(21-8-2)12-19-18-15(13(3)4)10-9-11-16(18)14(5)6;1-8(2)10-6-5-7-11(9(3)4)12(10)13;1-3-8-6(5-7)9-4-2;1-2-4-5-3-1;1-3-4-2;/h9-11,13-14,17,19H,7-8,12H2,1-6H3;5-9H,13H2,1-4H3;6H,3-5H2,1-2H3;1-4H2;1,3-4H2,2H3;/q;;;;-1;+1. The molecule has 53 heavy (non-hydrogen) atoms. The molecule has 1 saturated heterocycles. The van der Waals surface area contributed by atoms with Gasteiger partial charge in [0.1, 0.15) is 0 Å². The van der Waals surface area contributed by atoms with E-state index in [0.717, 1.165) is 30.7 Å². The number of unbranched alkanes of at least 4 members (excludes halogenated alkanes) is 1. The summed E-state index contributed by atoms with van der Waals surface area (Å²) in [5.74, 6) is 2.00. The summed E-state index contributed by atoms with van der Waals surface area (Å²) in [5, 5.41) is 4.31. The second-order valence-corrected chi connectivity index (χ2v) is 14.3. The van der Waals surface area contributed by atoms with Crippen LogP contribution < -0.4 is 29.9 Å². The molecular weight excluding hydrogens is 723 g/mol. The van der Waals surface area contributed by atoms with Crippen molar-refractivity contribution >= 4 is 27.3 Å². The van der Waals surface area contributed by atoms with Crippen LogP contribution in [-0.4, -0.2) is 64.1 Å². The average molecular weight is 804 g/mol. The summed E-state index contributed by atoms with van der Waals surface area (Å²) in [6.07, 6.45) is 4.57. The molecule has 9 heteroatoms. The molecule has 0 spiro atoms. The van der Waals surface area contributed by atoms with Crippen molar-refractivity contribution in [3.8, 4) is 0 Å². The summed E-state index contributed by atoms with van der Waals surface area (Å²) in [6.45, 7) is 36.6. The minimum Gasteiger partial charge on any atom is -0.398 e. The molecule has 0 atom stereocenters. The molecule has 3 rings (SSSR count). The Morgan fingerprint density at radius 3 is 1.26 bits per heavy atom. The number of ether oxygens (including phenoxy) is 5. The van der Waals surface area contributed by atoms with Gasteiger partial charge in [-0.05, 0) is 86.5 Å². The van der Waals surface area contributed by atoms with E-state index in [1.165, 1.54) is 47.2 Å². The number of hydrogen-bond donors (Lipinski definition) is 2. The van der Waals surface area contributed by atoms with Crippen LogP contribution in [0.1, 0.15) is 162 Å². The number of halogens is 1. The molecule has 0 aromatic heterocycles. The van der Waals surface area contributed by atoms with Gasteiger partial charge in [0.15, 0.2) is 12.6 Å². The molecule has 0 unspecified atom stereocenters. The van der Waals surface area contributed by atoms with Crippen LogP contribution >= 0.6 is 15.9 Å². The Morgan fingerprint density at radius 2 is 1.00 bits per heavy atom. The minimum atomic E-state index is -0.194. The fourth-order valence-electron chi connectivity index (χ4n) is 5.11. The summed E-state index contributed by atoms with van der Waals surface area (Å²) < 4.78 is 26.5. The monoisotopic (exact) mass is 803 g/mol. The molecule has 3 N–H and O–H groups in total. The number of alkyl halides is 1. The van der Waals surface area contributed by atoms with Crippen molar-refractivity contribution < 1.29 is 42.5 Å². The third kappa shape index (κ3) is 26.4.